The highest BCUT2D eigenvalue weighted by molar-refractivity contribution is 7.07. The first kappa shape index (κ1) is 15.2. The Hall–Kier alpha value is -0.840. The van der Waals surface area contributed by atoms with Gasteiger partial charge in [-0.3, -0.25) is 0 Å². The van der Waals surface area contributed by atoms with E-state index in [1.807, 2.05) is 30.3 Å². The Morgan fingerprint density at radius 2 is 2.06 bits per heavy atom. The van der Waals surface area contributed by atoms with Crippen LogP contribution in [0.25, 0.3) is 0 Å². The standard InChI is InChI=1S/C13H13ClN2S.BrH/c1-3-8-16-10(2)9-17-13(16)15-12-6-4-11(14)5-7-12;/h3-7,9H,1,8H2,2H3;1H/p-1. The van der Waals surface area contributed by atoms with Gasteiger partial charge in [0.15, 0.2) is 4.80 Å². The fourth-order valence-electron chi connectivity index (χ4n) is 1.48. The van der Waals surface area contributed by atoms with Crippen LogP contribution in [0.3, 0.4) is 0 Å². The van der Waals surface area contributed by atoms with E-state index in [1.54, 1.807) is 11.3 Å². The number of benzene rings is 1. The molecule has 0 aliphatic carbocycles. The molecule has 1 aromatic heterocycles. The van der Waals surface area contributed by atoms with Gasteiger partial charge in [0.1, 0.15) is 0 Å². The maximum Gasteiger partial charge on any atom is 0.190 e. The number of hydrogen-bond acceptors (Lipinski definition) is 2. The fourth-order valence-corrected chi connectivity index (χ4v) is 2.51. The van der Waals surface area contributed by atoms with Gasteiger partial charge in [0.2, 0.25) is 0 Å². The van der Waals surface area contributed by atoms with Crippen molar-refractivity contribution in [3.63, 3.8) is 0 Å². The van der Waals surface area contributed by atoms with Crippen LogP contribution in [-0.4, -0.2) is 4.57 Å². The summed E-state index contributed by atoms with van der Waals surface area (Å²) in [5, 5.41) is 2.82. The average Bonchev–Trinajstić information content (AvgIpc) is 2.65. The van der Waals surface area contributed by atoms with Crippen LogP contribution >= 0.6 is 22.9 Å². The maximum atomic E-state index is 5.84. The second-order valence-corrected chi connectivity index (χ2v) is 4.92. The van der Waals surface area contributed by atoms with Gasteiger partial charge in [-0.1, -0.05) is 17.7 Å². The Bertz CT molecular complexity index is 584. The second-order valence-electron chi connectivity index (χ2n) is 3.65. The summed E-state index contributed by atoms with van der Waals surface area (Å²) in [7, 11) is 0. The number of hydrogen-bond donors (Lipinski definition) is 0. The van der Waals surface area contributed by atoms with E-state index in [0.29, 0.717) is 0 Å². The third-order valence-electron chi connectivity index (χ3n) is 2.35. The van der Waals surface area contributed by atoms with Crippen LogP contribution in [0.5, 0.6) is 0 Å². The van der Waals surface area contributed by atoms with Gasteiger partial charge in [0.05, 0.1) is 5.69 Å². The molecule has 0 atom stereocenters. The number of nitrogens with zero attached hydrogens (tertiary/aromatic N) is 2. The van der Waals surface area contributed by atoms with Crippen molar-refractivity contribution < 1.29 is 17.0 Å². The first-order valence-corrected chi connectivity index (χ1v) is 6.52. The minimum Gasteiger partial charge on any atom is -1.00 e. The first-order chi connectivity index (χ1) is 8.20. The van der Waals surface area contributed by atoms with Crippen molar-refractivity contribution in [3.05, 3.63) is 57.8 Å². The van der Waals surface area contributed by atoms with Crippen molar-refractivity contribution in [2.45, 2.75) is 13.5 Å². The lowest BCUT2D eigenvalue weighted by molar-refractivity contribution is -0.00000343. The number of allylic oxidation sites excluding steroid dienone is 1. The maximum absolute atomic E-state index is 5.84. The molecule has 1 heterocycles. The Kier molecular flexibility index (Phi) is 5.85. The summed E-state index contributed by atoms with van der Waals surface area (Å²) in [4.78, 5) is 5.57. The van der Waals surface area contributed by atoms with Crippen LogP contribution < -0.4 is 21.8 Å². The summed E-state index contributed by atoms with van der Waals surface area (Å²) in [5.74, 6) is 0. The highest BCUT2D eigenvalue weighted by Crippen LogP contribution is 2.15. The van der Waals surface area contributed by atoms with Crippen LogP contribution in [0, 0.1) is 6.92 Å². The normalized spacial score (nSPS) is 11.1. The molecule has 0 fully saturated rings. The van der Waals surface area contributed by atoms with Crippen LogP contribution in [-0.2, 0) is 6.54 Å². The fraction of sp³-hybridized carbons (Fsp3) is 0.154. The summed E-state index contributed by atoms with van der Waals surface area (Å²) in [6, 6.07) is 7.52. The van der Waals surface area contributed by atoms with E-state index in [4.69, 9.17) is 11.6 Å². The van der Waals surface area contributed by atoms with E-state index in [1.165, 1.54) is 5.69 Å². The van der Waals surface area contributed by atoms with Crippen LogP contribution in [0.1, 0.15) is 5.69 Å². The predicted molar refractivity (Wildman–Crippen MR) is 73.9 cm³/mol. The molecule has 18 heavy (non-hydrogen) atoms. The molecule has 0 bridgehead atoms. The largest absolute Gasteiger partial charge is 1.00 e. The molecule has 1 aromatic carbocycles. The van der Waals surface area contributed by atoms with Crippen molar-refractivity contribution in [3.8, 4) is 0 Å². The van der Waals surface area contributed by atoms with E-state index >= 15 is 0 Å². The van der Waals surface area contributed by atoms with E-state index in [0.717, 1.165) is 22.1 Å². The monoisotopic (exact) mass is 343 g/mol. The number of thiazole rings is 1. The Morgan fingerprint density at radius 3 is 2.67 bits per heavy atom. The number of aryl methyl sites for hydroxylation is 1. The minimum atomic E-state index is 0. The Balaban J connectivity index is 0.00000162. The molecule has 96 valence electrons. The zero-order chi connectivity index (χ0) is 12.3. The average molecular weight is 345 g/mol. The highest BCUT2D eigenvalue weighted by Gasteiger charge is 1.99. The summed E-state index contributed by atoms with van der Waals surface area (Å²) >= 11 is 7.47. The minimum absolute atomic E-state index is 0. The highest BCUT2D eigenvalue weighted by atomic mass is 79.9. The molecule has 0 radical (unpaired) electrons. The van der Waals surface area contributed by atoms with Crippen LogP contribution in [0.15, 0.2) is 47.3 Å². The summed E-state index contributed by atoms with van der Waals surface area (Å²) in [5.41, 5.74) is 2.11. The van der Waals surface area contributed by atoms with Gasteiger partial charge in [0, 0.05) is 22.6 Å². The van der Waals surface area contributed by atoms with Gasteiger partial charge in [-0.2, -0.15) is 0 Å². The molecular weight excluding hydrogens is 332 g/mol. The van der Waals surface area contributed by atoms with Crippen LogP contribution in [0.2, 0.25) is 5.02 Å². The molecular formula is C13H13BrClN2S-. The van der Waals surface area contributed by atoms with Crippen molar-refractivity contribution in [2.24, 2.45) is 4.99 Å². The Labute approximate surface area is 126 Å². The SMILES string of the molecule is C=CCn1c(C)csc1=Nc1ccc(Cl)cc1.[Br-]. The van der Waals surface area contributed by atoms with E-state index in [9.17, 15) is 0 Å². The van der Waals surface area contributed by atoms with Crippen LogP contribution in [0.4, 0.5) is 5.69 Å². The van der Waals surface area contributed by atoms with Crippen molar-refractivity contribution in [1.29, 1.82) is 0 Å². The lowest BCUT2D eigenvalue weighted by Crippen LogP contribution is -3.00. The zero-order valence-corrected chi connectivity index (χ0v) is 13.1. The topological polar surface area (TPSA) is 17.3 Å². The molecule has 2 nitrogen and oxygen atoms in total. The first-order valence-electron chi connectivity index (χ1n) is 5.27. The van der Waals surface area contributed by atoms with Gasteiger partial charge in [0.25, 0.3) is 0 Å². The van der Waals surface area contributed by atoms with E-state index in [-0.39, 0.29) is 17.0 Å². The molecule has 0 saturated carbocycles. The quantitative estimate of drug-likeness (QED) is 0.737. The van der Waals surface area contributed by atoms with E-state index in [2.05, 4.69) is 28.4 Å². The van der Waals surface area contributed by atoms with Gasteiger partial charge in [-0.05, 0) is 31.2 Å². The number of aromatic nitrogens is 1. The molecule has 0 saturated heterocycles. The molecule has 2 rings (SSSR count). The van der Waals surface area contributed by atoms with Gasteiger partial charge >= 0.3 is 0 Å². The third-order valence-corrected chi connectivity index (χ3v) is 3.59. The lowest BCUT2D eigenvalue weighted by Gasteiger charge is -2.00. The predicted octanol–water partition coefficient (Wildman–Crippen LogP) is 0.934. The Morgan fingerprint density at radius 1 is 1.39 bits per heavy atom. The summed E-state index contributed by atoms with van der Waals surface area (Å²) < 4.78 is 2.13. The molecule has 0 unspecified atom stereocenters. The van der Waals surface area contributed by atoms with E-state index < -0.39 is 0 Å². The number of halogens is 2. The van der Waals surface area contributed by atoms with Crippen molar-refractivity contribution >= 4 is 28.6 Å². The molecule has 2 aromatic rings. The molecule has 0 N–H and O–H groups in total. The molecule has 0 aliphatic rings. The molecule has 0 spiro atoms. The number of rotatable bonds is 3. The third kappa shape index (κ3) is 3.57. The van der Waals surface area contributed by atoms with Gasteiger partial charge in [-0.15, -0.1) is 17.9 Å². The summed E-state index contributed by atoms with van der Waals surface area (Å²) in [6.45, 7) is 6.61. The zero-order valence-electron chi connectivity index (χ0n) is 9.94. The van der Waals surface area contributed by atoms with Crippen molar-refractivity contribution in [1.82, 2.24) is 4.57 Å². The second kappa shape index (κ2) is 6.92. The smallest absolute Gasteiger partial charge is 0.190 e. The lowest BCUT2D eigenvalue weighted by atomic mass is 10.3. The van der Waals surface area contributed by atoms with Crippen molar-refractivity contribution in [2.75, 3.05) is 0 Å². The molecule has 0 aliphatic heterocycles. The molecule has 0 amide bonds. The molecule has 5 heteroatoms. The summed E-state index contributed by atoms with van der Waals surface area (Å²) in [6.07, 6.45) is 1.88. The van der Waals surface area contributed by atoms with Gasteiger partial charge in [-0.25, -0.2) is 4.99 Å². The van der Waals surface area contributed by atoms with Gasteiger partial charge < -0.3 is 21.5 Å².